The van der Waals surface area contributed by atoms with Crippen LogP contribution >= 0.6 is 23.2 Å². The third-order valence-corrected chi connectivity index (χ3v) is 7.81. The molecule has 3 fully saturated rings. The number of alkyl halides is 2. The number of hydrogen-bond donors (Lipinski definition) is 2. The standard InChI is InChI=1S/C26H28Cl2F2N4O3/c1-25(2,37-20-7-4-15(27)9-19(20)28)24(36)32-16-10-17-5-6-18(11-16)34(17)22-8-3-14(13-31-22)23(35)33-21-12-26(21,29)30/h3-4,7-9,13,16-18,21H,5-6,10-12H2,1-2H3,(H,32,36)(H,33,35)/t16-,17+,18-,21?. The molecule has 0 spiro atoms. The highest BCUT2D eigenvalue weighted by molar-refractivity contribution is 6.35. The maximum Gasteiger partial charge on any atom is 0.270 e. The number of benzene rings is 1. The molecular weight excluding hydrogens is 525 g/mol. The number of anilines is 1. The summed E-state index contributed by atoms with van der Waals surface area (Å²) in [5, 5.41) is 6.30. The molecule has 4 atom stereocenters. The normalized spacial score (nSPS) is 25.9. The van der Waals surface area contributed by atoms with Crippen LogP contribution in [0.1, 0.15) is 56.3 Å². The summed E-state index contributed by atoms with van der Waals surface area (Å²) in [6.45, 7) is 3.39. The number of rotatable bonds is 7. The zero-order valence-corrected chi connectivity index (χ0v) is 22.0. The number of piperidine rings is 1. The Kier molecular flexibility index (Phi) is 6.73. The highest BCUT2D eigenvalue weighted by Gasteiger charge is 2.58. The van der Waals surface area contributed by atoms with E-state index in [1.165, 1.54) is 6.20 Å². The summed E-state index contributed by atoms with van der Waals surface area (Å²) in [7, 11) is 0. The highest BCUT2D eigenvalue weighted by Crippen LogP contribution is 2.42. The van der Waals surface area contributed by atoms with E-state index < -0.39 is 23.5 Å². The number of amides is 2. The van der Waals surface area contributed by atoms with Crippen molar-refractivity contribution < 1.29 is 23.1 Å². The summed E-state index contributed by atoms with van der Waals surface area (Å²) < 4.78 is 32.1. The summed E-state index contributed by atoms with van der Waals surface area (Å²) >= 11 is 12.2. The van der Waals surface area contributed by atoms with Crippen LogP contribution in [0.25, 0.3) is 0 Å². The van der Waals surface area contributed by atoms with Gasteiger partial charge in [0.05, 0.1) is 16.6 Å². The van der Waals surface area contributed by atoms with Crippen LogP contribution < -0.4 is 20.3 Å². The van der Waals surface area contributed by atoms with Gasteiger partial charge in [0.25, 0.3) is 17.7 Å². The number of nitrogens with zero attached hydrogens (tertiary/aromatic N) is 2. The minimum Gasteiger partial charge on any atom is -0.476 e. The van der Waals surface area contributed by atoms with Crippen molar-refractivity contribution in [1.82, 2.24) is 15.6 Å². The van der Waals surface area contributed by atoms with Crippen LogP contribution in [0.3, 0.4) is 0 Å². The monoisotopic (exact) mass is 552 g/mol. The molecule has 1 aliphatic carbocycles. The molecule has 1 aromatic carbocycles. The number of halogens is 4. The van der Waals surface area contributed by atoms with Gasteiger partial charge in [-0.05, 0) is 69.9 Å². The lowest BCUT2D eigenvalue weighted by molar-refractivity contribution is -0.135. The predicted octanol–water partition coefficient (Wildman–Crippen LogP) is 5.00. The zero-order chi connectivity index (χ0) is 26.5. The van der Waals surface area contributed by atoms with E-state index in [-0.39, 0.29) is 36.0 Å². The summed E-state index contributed by atoms with van der Waals surface area (Å²) in [6, 6.07) is 7.51. The van der Waals surface area contributed by atoms with Gasteiger partial charge in [-0.2, -0.15) is 0 Å². The smallest absolute Gasteiger partial charge is 0.270 e. The summed E-state index contributed by atoms with van der Waals surface area (Å²) in [4.78, 5) is 32.0. The molecule has 1 unspecified atom stereocenters. The van der Waals surface area contributed by atoms with E-state index >= 15 is 0 Å². The number of carbonyl (C=O) groups is 2. The van der Waals surface area contributed by atoms with Crippen LogP contribution in [-0.2, 0) is 4.79 Å². The third-order valence-electron chi connectivity index (χ3n) is 7.28. The van der Waals surface area contributed by atoms with Crippen molar-refractivity contribution in [3.05, 3.63) is 52.1 Å². The largest absolute Gasteiger partial charge is 0.476 e. The maximum atomic E-state index is 13.1. The fraction of sp³-hybridized carbons (Fsp3) is 0.500. The molecule has 11 heteroatoms. The first-order valence-corrected chi connectivity index (χ1v) is 13.1. The molecule has 198 valence electrons. The van der Waals surface area contributed by atoms with Gasteiger partial charge in [-0.1, -0.05) is 23.2 Å². The Bertz CT molecular complexity index is 1200. The highest BCUT2D eigenvalue weighted by atomic mass is 35.5. The molecule has 2 aromatic rings. The van der Waals surface area contributed by atoms with E-state index in [4.69, 9.17) is 27.9 Å². The molecule has 0 radical (unpaired) electrons. The van der Waals surface area contributed by atoms with Crippen LogP contribution in [0, 0.1) is 0 Å². The maximum absolute atomic E-state index is 13.1. The van der Waals surface area contributed by atoms with E-state index in [0.717, 1.165) is 31.5 Å². The van der Waals surface area contributed by atoms with Gasteiger partial charge >= 0.3 is 0 Å². The van der Waals surface area contributed by atoms with Gasteiger partial charge in [0.1, 0.15) is 11.6 Å². The Hall–Kier alpha value is -2.65. The molecule has 3 heterocycles. The van der Waals surface area contributed by atoms with Crippen LogP contribution in [-0.4, -0.2) is 52.5 Å². The van der Waals surface area contributed by atoms with Crippen molar-refractivity contribution >= 4 is 40.8 Å². The molecule has 5 rings (SSSR count). The van der Waals surface area contributed by atoms with Gasteiger partial charge in [-0.3, -0.25) is 9.59 Å². The first-order chi connectivity index (χ1) is 17.4. The molecule has 1 aromatic heterocycles. The Balaban J connectivity index is 1.18. The molecule has 1 saturated carbocycles. The van der Waals surface area contributed by atoms with Crippen molar-refractivity contribution in [3.8, 4) is 5.75 Å². The topological polar surface area (TPSA) is 83.6 Å². The van der Waals surface area contributed by atoms with Crippen molar-refractivity contribution in [3.63, 3.8) is 0 Å². The quantitative estimate of drug-likeness (QED) is 0.505. The predicted molar refractivity (Wildman–Crippen MR) is 137 cm³/mol. The second kappa shape index (κ2) is 9.58. The van der Waals surface area contributed by atoms with Crippen molar-refractivity contribution in [2.75, 3.05) is 4.90 Å². The van der Waals surface area contributed by atoms with Gasteiger partial charge in [-0.25, -0.2) is 13.8 Å². The van der Waals surface area contributed by atoms with Crippen LogP contribution in [0.15, 0.2) is 36.5 Å². The van der Waals surface area contributed by atoms with Crippen LogP contribution in [0.5, 0.6) is 5.75 Å². The minimum atomic E-state index is -2.81. The van der Waals surface area contributed by atoms with Gasteiger partial charge in [-0.15, -0.1) is 0 Å². The molecule has 2 bridgehead atoms. The Morgan fingerprint density at radius 2 is 1.78 bits per heavy atom. The van der Waals surface area contributed by atoms with Gasteiger partial charge in [0, 0.05) is 35.8 Å². The number of carbonyl (C=O) groups excluding carboxylic acids is 2. The molecule has 3 aliphatic rings. The fourth-order valence-electron chi connectivity index (χ4n) is 5.19. The number of pyridine rings is 1. The molecule has 2 N–H and O–H groups in total. The van der Waals surface area contributed by atoms with Crippen molar-refractivity contribution in [2.45, 2.75) is 81.6 Å². The lowest BCUT2D eigenvalue weighted by atomic mass is 9.96. The summed E-state index contributed by atoms with van der Waals surface area (Å²) in [5.74, 6) is -2.46. The van der Waals surface area contributed by atoms with Crippen LogP contribution in [0.2, 0.25) is 10.0 Å². The first kappa shape index (κ1) is 26.0. The van der Waals surface area contributed by atoms with Gasteiger partial charge in [0.2, 0.25) is 0 Å². The average molecular weight is 553 g/mol. The van der Waals surface area contributed by atoms with Gasteiger partial charge < -0.3 is 20.3 Å². The molecule has 7 nitrogen and oxygen atoms in total. The fourth-order valence-corrected chi connectivity index (χ4v) is 5.64. The van der Waals surface area contributed by atoms with Gasteiger partial charge in [0.15, 0.2) is 5.60 Å². The third kappa shape index (κ3) is 5.48. The Morgan fingerprint density at radius 3 is 2.35 bits per heavy atom. The SMILES string of the molecule is CC(C)(Oc1ccc(Cl)cc1Cl)C(=O)N[C@H]1C[C@H]2CC[C@@H](C1)N2c1ccc(C(=O)NC2CC2(F)F)cn1. The lowest BCUT2D eigenvalue weighted by Crippen LogP contribution is -2.55. The van der Waals surface area contributed by atoms with E-state index in [2.05, 4.69) is 20.5 Å². The molecule has 2 aliphatic heterocycles. The number of ether oxygens (including phenoxy) is 1. The second-order valence-corrected chi connectivity index (χ2v) is 11.4. The van der Waals surface area contributed by atoms with Crippen LogP contribution in [0.4, 0.5) is 14.6 Å². The minimum absolute atomic E-state index is 0.0184. The van der Waals surface area contributed by atoms with E-state index in [1.807, 2.05) is 0 Å². The summed E-state index contributed by atoms with van der Waals surface area (Å²) in [6.07, 6.45) is 4.55. The lowest BCUT2D eigenvalue weighted by Gasteiger charge is -2.40. The number of nitrogens with one attached hydrogen (secondary N) is 2. The molecule has 2 saturated heterocycles. The number of aromatic nitrogens is 1. The molecular formula is C26H28Cl2F2N4O3. The molecule has 37 heavy (non-hydrogen) atoms. The second-order valence-electron chi connectivity index (χ2n) is 10.5. The number of fused-ring (bicyclic) bond motifs is 2. The Morgan fingerprint density at radius 1 is 1.11 bits per heavy atom. The summed E-state index contributed by atoms with van der Waals surface area (Å²) in [5.41, 5.74) is -0.889. The average Bonchev–Trinajstić information content (AvgIpc) is 3.34. The molecule has 2 amide bonds. The zero-order valence-electron chi connectivity index (χ0n) is 20.4. The first-order valence-electron chi connectivity index (χ1n) is 12.3. The van der Waals surface area contributed by atoms with Crippen molar-refractivity contribution in [1.29, 1.82) is 0 Å². The van der Waals surface area contributed by atoms with Crippen molar-refractivity contribution in [2.24, 2.45) is 0 Å². The van der Waals surface area contributed by atoms with E-state index in [1.54, 1.807) is 44.2 Å². The Labute approximate surface area is 223 Å². The van der Waals surface area contributed by atoms with E-state index in [0.29, 0.717) is 15.8 Å². The van der Waals surface area contributed by atoms with E-state index in [9.17, 15) is 18.4 Å². The number of hydrogen-bond acceptors (Lipinski definition) is 5.